The SMILES string of the molecule is Cc1ccc(N=N/C(C(=O)Nc2ccccc2N)=C(/O)C(F)F)cc1. The fourth-order valence-corrected chi connectivity index (χ4v) is 1.83. The molecule has 0 aromatic heterocycles. The minimum atomic E-state index is -3.27. The van der Waals surface area contributed by atoms with Crippen molar-refractivity contribution in [3.8, 4) is 0 Å². The smallest absolute Gasteiger partial charge is 0.297 e. The van der Waals surface area contributed by atoms with Gasteiger partial charge in [0.05, 0.1) is 17.1 Å². The molecule has 4 N–H and O–H groups in total. The molecule has 130 valence electrons. The van der Waals surface area contributed by atoms with Crippen molar-refractivity contribution >= 4 is 23.0 Å². The number of azo groups is 1. The first-order valence-corrected chi connectivity index (χ1v) is 7.24. The third-order valence-electron chi connectivity index (χ3n) is 3.17. The number of halogens is 2. The highest BCUT2D eigenvalue weighted by Gasteiger charge is 2.22. The van der Waals surface area contributed by atoms with Gasteiger partial charge in [-0.25, -0.2) is 8.78 Å². The predicted octanol–water partition coefficient (Wildman–Crippen LogP) is 4.33. The summed E-state index contributed by atoms with van der Waals surface area (Å²) in [4.78, 5) is 12.2. The van der Waals surface area contributed by atoms with Crippen LogP contribution in [0.2, 0.25) is 0 Å². The third kappa shape index (κ3) is 4.84. The molecule has 2 rings (SSSR count). The number of aryl methyl sites for hydroxylation is 1. The lowest BCUT2D eigenvalue weighted by atomic mass is 10.2. The lowest BCUT2D eigenvalue weighted by Crippen LogP contribution is -2.18. The van der Waals surface area contributed by atoms with E-state index in [9.17, 15) is 18.7 Å². The van der Waals surface area contributed by atoms with E-state index in [4.69, 9.17) is 5.73 Å². The van der Waals surface area contributed by atoms with Gasteiger partial charge >= 0.3 is 0 Å². The Bertz CT molecular complexity index is 818. The first-order chi connectivity index (χ1) is 11.9. The van der Waals surface area contributed by atoms with E-state index in [1.807, 2.05) is 6.92 Å². The van der Waals surface area contributed by atoms with E-state index in [0.717, 1.165) is 5.56 Å². The molecule has 0 radical (unpaired) electrons. The van der Waals surface area contributed by atoms with Crippen molar-refractivity contribution in [1.29, 1.82) is 0 Å². The standard InChI is InChI=1S/C17H16F2N4O2/c1-10-6-8-11(9-7-10)22-23-14(15(24)16(18)19)17(25)21-13-5-3-2-4-12(13)20/h2-9,16,24H,20H2,1H3,(H,21,25)/b15-14+,23-22?. The van der Waals surface area contributed by atoms with Crippen molar-refractivity contribution in [2.75, 3.05) is 11.1 Å². The molecule has 0 bridgehead atoms. The second-order valence-corrected chi connectivity index (χ2v) is 5.11. The fraction of sp³-hybridized carbons (Fsp3) is 0.118. The zero-order valence-corrected chi connectivity index (χ0v) is 13.3. The van der Waals surface area contributed by atoms with Gasteiger partial charge < -0.3 is 16.2 Å². The molecule has 0 aliphatic rings. The summed E-state index contributed by atoms with van der Waals surface area (Å²) in [5, 5.41) is 19.0. The van der Waals surface area contributed by atoms with Crippen LogP contribution in [-0.2, 0) is 4.79 Å². The third-order valence-corrected chi connectivity index (χ3v) is 3.17. The molecular formula is C17H16F2N4O2. The van der Waals surface area contributed by atoms with Crippen LogP contribution in [-0.4, -0.2) is 17.4 Å². The van der Waals surface area contributed by atoms with Crippen LogP contribution in [0.5, 0.6) is 0 Å². The maximum Gasteiger partial charge on any atom is 0.297 e. The van der Waals surface area contributed by atoms with Crippen LogP contribution in [0.3, 0.4) is 0 Å². The number of aliphatic hydroxyl groups excluding tert-OH is 1. The molecule has 0 aliphatic heterocycles. The first-order valence-electron chi connectivity index (χ1n) is 7.24. The maximum atomic E-state index is 12.8. The molecule has 0 heterocycles. The number of carbonyl (C=O) groups is 1. The molecule has 1 amide bonds. The quantitative estimate of drug-likeness (QED) is 0.325. The van der Waals surface area contributed by atoms with Crippen molar-refractivity contribution in [1.82, 2.24) is 0 Å². The van der Waals surface area contributed by atoms with E-state index in [1.165, 1.54) is 12.1 Å². The number of allylic oxidation sites excluding steroid dienone is 1. The van der Waals surface area contributed by atoms with E-state index >= 15 is 0 Å². The molecule has 0 spiro atoms. The monoisotopic (exact) mass is 346 g/mol. The zero-order valence-electron chi connectivity index (χ0n) is 13.3. The van der Waals surface area contributed by atoms with E-state index in [1.54, 1.807) is 36.4 Å². The van der Waals surface area contributed by atoms with E-state index in [-0.39, 0.29) is 11.4 Å². The van der Waals surface area contributed by atoms with Gasteiger partial charge in [0.2, 0.25) is 0 Å². The van der Waals surface area contributed by atoms with E-state index in [0.29, 0.717) is 5.69 Å². The lowest BCUT2D eigenvalue weighted by molar-refractivity contribution is -0.113. The second kappa shape index (κ2) is 8.00. The first kappa shape index (κ1) is 18.1. The van der Waals surface area contributed by atoms with Crippen molar-refractivity contribution in [3.63, 3.8) is 0 Å². The number of hydrogen-bond donors (Lipinski definition) is 3. The van der Waals surface area contributed by atoms with Gasteiger partial charge in [-0.2, -0.15) is 5.11 Å². The molecule has 0 saturated carbocycles. The average Bonchev–Trinajstić information content (AvgIpc) is 2.58. The molecule has 25 heavy (non-hydrogen) atoms. The Morgan fingerprint density at radius 3 is 2.40 bits per heavy atom. The number of hydrogen-bond acceptors (Lipinski definition) is 5. The van der Waals surface area contributed by atoms with Gasteiger partial charge in [-0.3, -0.25) is 4.79 Å². The number of nitrogens with zero attached hydrogens (tertiary/aromatic N) is 2. The highest BCUT2D eigenvalue weighted by molar-refractivity contribution is 6.05. The summed E-state index contributed by atoms with van der Waals surface area (Å²) in [5.41, 5.74) is 6.56. The van der Waals surface area contributed by atoms with Gasteiger partial charge in [0.15, 0.2) is 11.5 Å². The Hall–Kier alpha value is -3.29. The van der Waals surface area contributed by atoms with Gasteiger partial charge in [0.25, 0.3) is 12.3 Å². The number of amides is 1. The molecule has 8 heteroatoms. The Kier molecular flexibility index (Phi) is 5.78. The molecule has 0 aliphatic carbocycles. The van der Waals surface area contributed by atoms with Crippen LogP contribution in [0.15, 0.2) is 70.2 Å². The molecule has 0 fully saturated rings. The number of alkyl halides is 2. The summed E-state index contributed by atoms with van der Waals surface area (Å²) in [6.45, 7) is 1.87. The minimum Gasteiger partial charge on any atom is -0.505 e. The summed E-state index contributed by atoms with van der Waals surface area (Å²) in [5.74, 6) is -2.52. The van der Waals surface area contributed by atoms with Crippen molar-refractivity contribution < 1.29 is 18.7 Å². The van der Waals surface area contributed by atoms with Crippen LogP contribution < -0.4 is 11.1 Å². The van der Waals surface area contributed by atoms with E-state index < -0.39 is 23.8 Å². The summed E-state index contributed by atoms with van der Waals surface area (Å²) < 4.78 is 25.6. The molecule has 0 saturated heterocycles. The topological polar surface area (TPSA) is 100 Å². The Morgan fingerprint density at radius 2 is 1.80 bits per heavy atom. The van der Waals surface area contributed by atoms with Crippen molar-refractivity contribution in [2.24, 2.45) is 10.2 Å². The number of aliphatic hydroxyl groups is 1. The predicted molar refractivity (Wildman–Crippen MR) is 90.8 cm³/mol. The van der Waals surface area contributed by atoms with Crippen LogP contribution in [0.25, 0.3) is 0 Å². The number of nitrogens with one attached hydrogen (secondary N) is 1. The average molecular weight is 346 g/mol. The van der Waals surface area contributed by atoms with Gasteiger partial charge in [-0.05, 0) is 31.2 Å². The summed E-state index contributed by atoms with van der Waals surface area (Å²) in [6, 6.07) is 13.0. The molecule has 2 aromatic carbocycles. The van der Waals surface area contributed by atoms with Gasteiger partial charge in [-0.15, -0.1) is 5.11 Å². The Balaban J connectivity index is 2.30. The van der Waals surface area contributed by atoms with E-state index in [2.05, 4.69) is 15.5 Å². The highest BCUT2D eigenvalue weighted by Crippen LogP contribution is 2.21. The second-order valence-electron chi connectivity index (χ2n) is 5.11. The van der Waals surface area contributed by atoms with Crippen molar-refractivity contribution in [2.45, 2.75) is 13.3 Å². The van der Waals surface area contributed by atoms with Crippen molar-refractivity contribution in [3.05, 3.63) is 65.6 Å². The molecule has 0 atom stereocenters. The molecule has 6 nitrogen and oxygen atoms in total. The number of nitrogen functional groups attached to an aromatic ring is 1. The maximum absolute atomic E-state index is 12.8. The molecular weight excluding hydrogens is 330 g/mol. The van der Waals surface area contributed by atoms with Crippen LogP contribution in [0.1, 0.15) is 5.56 Å². The number of anilines is 2. The zero-order chi connectivity index (χ0) is 18.4. The van der Waals surface area contributed by atoms with Crippen LogP contribution in [0, 0.1) is 6.92 Å². The fourth-order valence-electron chi connectivity index (χ4n) is 1.83. The summed E-state index contributed by atoms with van der Waals surface area (Å²) >= 11 is 0. The number of benzene rings is 2. The molecule has 0 unspecified atom stereocenters. The van der Waals surface area contributed by atoms with Gasteiger partial charge in [0, 0.05) is 0 Å². The normalized spacial score (nSPS) is 12.3. The Labute approximate surface area is 142 Å². The number of rotatable bonds is 5. The van der Waals surface area contributed by atoms with Gasteiger partial charge in [-0.1, -0.05) is 29.8 Å². The summed E-state index contributed by atoms with van der Waals surface area (Å²) in [7, 11) is 0. The number of nitrogens with two attached hydrogens (primary N) is 1. The number of carbonyl (C=O) groups excluding carboxylic acids is 1. The van der Waals surface area contributed by atoms with Crippen LogP contribution in [0.4, 0.5) is 25.8 Å². The molecule has 2 aromatic rings. The largest absolute Gasteiger partial charge is 0.505 e. The highest BCUT2D eigenvalue weighted by atomic mass is 19.3. The Morgan fingerprint density at radius 1 is 1.16 bits per heavy atom. The number of para-hydroxylation sites is 2. The lowest BCUT2D eigenvalue weighted by Gasteiger charge is -2.09. The minimum absolute atomic E-state index is 0.206. The van der Waals surface area contributed by atoms with Crippen LogP contribution >= 0.6 is 0 Å². The van der Waals surface area contributed by atoms with Gasteiger partial charge in [0.1, 0.15) is 0 Å². The summed E-state index contributed by atoms with van der Waals surface area (Å²) in [6.07, 6.45) is -3.27.